The maximum Gasteiger partial charge on any atom is 0.407 e. The highest BCUT2D eigenvalue weighted by Gasteiger charge is 2.51. The zero-order valence-corrected chi connectivity index (χ0v) is 76.1. The van der Waals surface area contributed by atoms with Crippen LogP contribution in [0, 0.1) is 58.3 Å². The fraction of sp³-hybridized carbons (Fsp3) is 0.516. The number of hydrogen-bond donors (Lipinski definition) is 8. The number of likely N-dealkylation sites (tertiary alicyclic amines) is 4. The van der Waals surface area contributed by atoms with E-state index in [0.29, 0.717) is 26.2 Å². The van der Waals surface area contributed by atoms with Crippen molar-refractivity contribution in [3.8, 4) is 45.0 Å². The lowest BCUT2D eigenvalue weighted by molar-refractivity contribution is -0.139. The van der Waals surface area contributed by atoms with Gasteiger partial charge in [-0.05, 0) is 209 Å². The Labute approximate surface area is 728 Å². The molecule has 1 aliphatic carbocycles. The number of imidazole rings is 4. The van der Waals surface area contributed by atoms with Gasteiger partial charge in [0.25, 0.3) is 0 Å². The summed E-state index contributed by atoms with van der Waals surface area (Å²) in [5, 5.41) is 11.9. The fourth-order valence-corrected chi connectivity index (χ4v) is 18.0. The fourth-order valence-electron chi connectivity index (χ4n) is 18.0. The Morgan fingerprint density at radius 2 is 0.669 bits per heavy atom. The Balaban J connectivity index is 0.000000161. The Hall–Kier alpha value is -11.8. The molecule has 5 aromatic heterocycles. The predicted molar refractivity (Wildman–Crippen MR) is 476 cm³/mol. The van der Waals surface area contributed by atoms with Gasteiger partial charge in [-0.3, -0.25) is 19.2 Å². The number of amides is 8. The molecule has 124 heavy (non-hydrogen) atoms. The summed E-state index contributed by atoms with van der Waals surface area (Å²) in [4.78, 5) is 141. The third-order valence-corrected chi connectivity index (χ3v) is 25.6. The molecule has 14 rings (SSSR count). The predicted octanol–water partition coefficient (Wildman–Crippen LogP) is 16.3. The van der Waals surface area contributed by atoms with Gasteiger partial charge in [0, 0.05) is 42.7 Å². The number of nitrogens with zero attached hydrogens (tertiary/aromatic N) is 8. The Morgan fingerprint density at radius 1 is 0.379 bits per heavy atom. The van der Waals surface area contributed by atoms with Crippen molar-refractivity contribution in [1.82, 2.24) is 80.7 Å². The van der Waals surface area contributed by atoms with Crippen LogP contribution in [-0.4, -0.2) is 186 Å². The highest BCUT2D eigenvalue weighted by Crippen LogP contribution is 2.45. The highest BCUT2D eigenvalue weighted by molar-refractivity contribution is 5.94. The van der Waals surface area contributed by atoms with Crippen molar-refractivity contribution in [2.75, 3.05) is 54.6 Å². The second kappa shape index (κ2) is 39.4. The van der Waals surface area contributed by atoms with Crippen LogP contribution in [-0.2, 0) is 73.1 Å². The lowest BCUT2D eigenvalue weighted by atomic mass is 9.85. The van der Waals surface area contributed by atoms with Crippen molar-refractivity contribution in [3.63, 3.8) is 0 Å². The maximum absolute atomic E-state index is 13.5. The third-order valence-electron chi connectivity index (χ3n) is 25.6. The molecule has 0 radical (unpaired) electrons. The summed E-state index contributed by atoms with van der Waals surface area (Å²) >= 11 is 0. The lowest BCUT2D eigenvalue weighted by Gasteiger charge is -2.37. The molecule has 29 nitrogen and oxygen atoms in total. The summed E-state index contributed by atoms with van der Waals surface area (Å²) in [7, 11) is 5.20. The number of alkyl carbamates (subject to hydrolysis) is 4. The van der Waals surface area contributed by atoms with Crippen molar-refractivity contribution < 1.29 is 61.7 Å². The summed E-state index contributed by atoms with van der Waals surface area (Å²) in [6, 6.07) is 24.4. The van der Waals surface area contributed by atoms with E-state index in [2.05, 4.69) is 153 Å². The molecule has 4 fully saturated rings. The van der Waals surface area contributed by atoms with Crippen LogP contribution in [0.15, 0.2) is 108 Å². The van der Waals surface area contributed by atoms with Gasteiger partial charge in [-0.15, -0.1) is 0 Å². The van der Waals surface area contributed by atoms with E-state index < -0.39 is 70.7 Å². The van der Waals surface area contributed by atoms with Crippen LogP contribution < -0.4 is 21.3 Å². The molecule has 4 aliphatic heterocycles. The number of aryl methyl sites for hydroxylation is 5. The van der Waals surface area contributed by atoms with Crippen LogP contribution >= 0.6 is 0 Å². The first-order chi connectivity index (χ1) is 58.9. The average molecular weight is 1700 g/mol. The molecule has 4 saturated heterocycles. The van der Waals surface area contributed by atoms with Crippen molar-refractivity contribution in [3.05, 3.63) is 166 Å². The monoisotopic (exact) mass is 1700 g/mol. The maximum atomic E-state index is 13.5. The number of furan rings is 1. The number of H-pyrrole nitrogens is 4. The van der Waals surface area contributed by atoms with E-state index in [9.17, 15) is 38.4 Å². The van der Waals surface area contributed by atoms with Crippen LogP contribution in [0.1, 0.15) is 210 Å². The molecule has 29 heteroatoms. The molecule has 8 N–H and O–H groups in total. The number of aromatic amines is 4. The van der Waals surface area contributed by atoms with Crippen LogP contribution in [0.5, 0.6) is 0 Å². The molecular formula is C95H128N16O13. The molecule has 8 amide bonds. The van der Waals surface area contributed by atoms with Gasteiger partial charge in [-0.2, -0.15) is 0 Å². The molecule has 9 heterocycles. The molecule has 9 aromatic rings. The second-order valence-electron chi connectivity index (χ2n) is 35.8. The van der Waals surface area contributed by atoms with Gasteiger partial charge in [-0.25, -0.2) is 39.1 Å². The van der Waals surface area contributed by atoms with E-state index in [1.807, 2.05) is 133 Å². The molecule has 8 atom stereocenters. The normalized spacial score (nSPS) is 20.1. The first-order valence-electron chi connectivity index (χ1n) is 43.6. The van der Waals surface area contributed by atoms with Gasteiger partial charge in [0.15, 0.2) is 0 Å². The quantitative estimate of drug-likeness (QED) is 0.0329. The van der Waals surface area contributed by atoms with Gasteiger partial charge in [0.05, 0.1) is 98.2 Å². The van der Waals surface area contributed by atoms with Crippen LogP contribution in [0.25, 0.3) is 56.0 Å². The van der Waals surface area contributed by atoms with Gasteiger partial charge in [0.1, 0.15) is 58.8 Å². The van der Waals surface area contributed by atoms with Gasteiger partial charge >= 0.3 is 24.4 Å². The zero-order valence-electron chi connectivity index (χ0n) is 76.1. The van der Waals surface area contributed by atoms with E-state index in [4.69, 9.17) is 33.3 Å². The summed E-state index contributed by atoms with van der Waals surface area (Å²) in [6.07, 6.45) is 16.4. The van der Waals surface area contributed by atoms with Gasteiger partial charge in [0.2, 0.25) is 23.6 Å². The topological polar surface area (TPSA) is 362 Å². The number of rotatable bonds is 20. The molecule has 5 aliphatic rings. The lowest BCUT2D eigenvalue weighted by Crippen LogP contribution is -2.55. The van der Waals surface area contributed by atoms with E-state index in [1.54, 1.807) is 6.20 Å². The number of ether oxygens (including phenoxy) is 4. The van der Waals surface area contributed by atoms with E-state index in [1.165, 1.54) is 74.7 Å². The molecule has 0 bridgehead atoms. The SMILES string of the molecule is COC(=O)N[C@H](C(=O)N1CCC[C@@]1(C)c1ncc(-c2ccc(C)c3c2CCCC3)[nH]1)C(C)C.COC(=O)N[C@H](C(=O)N1CCC[C@@]1(C)c1ncc(-c2ccc(C)c3cc(C)oc23)[nH]1)C(C)C.COC(=O)N[C@H](C(=O)N1CCC[C@@]1(C)c1ncc(-c2ccc(C)cc2)[nH]1)C(C)C.COC(=O)N[C@H](C(=O)N1CCC[C@@]1(C)c1ncc(-c2ccc(C)cc2)[nH]1)C(C)C. The molecule has 0 saturated carbocycles. The van der Waals surface area contributed by atoms with Crippen LogP contribution in [0.3, 0.4) is 0 Å². The number of hydrogen-bond acceptors (Lipinski definition) is 17. The number of benzene rings is 4. The summed E-state index contributed by atoms with van der Waals surface area (Å²) in [5.74, 6) is 3.18. The Morgan fingerprint density at radius 3 is 0.992 bits per heavy atom. The minimum atomic E-state index is -0.674. The number of aromatic nitrogens is 8. The Bertz CT molecular complexity index is 5120. The minimum absolute atomic E-state index is 0.0623. The minimum Gasteiger partial charge on any atom is -0.461 e. The summed E-state index contributed by atoms with van der Waals surface area (Å²) in [5.41, 5.74) is 14.4. The molecule has 666 valence electrons. The average Bonchev–Trinajstić information content (AvgIpc) is 1.62. The number of carbonyl (C=O) groups excluding carboxylic acids is 8. The van der Waals surface area contributed by atoms with Crippen LogP contribution in [0.4, 0.5) is 19.2 Å². The smallest absolute Gasteiger partial charge is 0.407 e. The summed E-state index contributed by atoms with van der Waals surface area (Å²) < 4.78 is 24.9. The van der Waals surface area contributed by atoms with E-state index in [-0.39, 0.29) is 47.3 Å². The highest BCUT2D eigenvalue weighted by atomic mass is 16.6. The number of nitrogens with one attached hydrogen (secondary N) is 8. The van der Waals surface area contributed by atoms with Crippen molar-refractivity contribution in [2.45, 2.75) is 241 Å². The molecular weight excluding hydrogens is 1570 g/mol. The number of carbonyl (C=O) groups is 8. The number of methoxy groups -OCH3 is 4. The van der Waals surface area contributed by atoms with Gasteiger partial charge in [-0.1, -0.05) is 133 Å². The van der Waals surface area contributed by atoms with Crippen molar-refractivity contribution >= 4 is 59.0 Å². The first-order valence-corrected chi connectivity index (χ1v) is 43.6. The molecule has 0 unspecified atom stereocenters. The first kappa shape index (κ1) is 92.9. The van der Waals surface area contributed by atoms with Gasteiger partial charge < -0.3 is 84.2 Å². The van der Waals surface area contributed by atoms with Crippen molar-refractivity contribution in [2.24, 2.45) is 23.7 Å². The largest absolute Gasteiger partial charge is 0.461 e. The molecule has 4 aromatic carbocycles. The number of fused-ring (bicyclic) bond motifs is 2. The van der Waals surface area contributed by atoms with Crippen molar-refractivity contribution in [1.29, 1.82) is 0 Å². The third kappa shape index (κ3) is 19.9. The summed E-state index contributed by atoms with van der Waals surface area (Å²) in [6.45, 7) is 36.3. The second-order valence-corrected chi connectivity index (χ2v) is 35.8. The van der Waals surface area contributed by atoms with Crippen LogP contribution in [0.2, 0.25) is 0 Å². The van der Waals surface area contributed by atoms with E-state index >= 15 is 0 Å². The van der Waals surface area contributed by atoms with E-state index in [0.717, 1.165) is 149 Å². The molecule has 0 spiro atoms. The Kier molecular flexibility index (Phi) is 29.5. The standard InChI is InChI=1S/C26H36N4O3.C25H32N4O4.2C22H30N4O3/c1-16(2)22(29-25(32)33-5)23(31)30-14-8-13-26(30,4)24-27-15-21(28-24)20-12-11-17(3)18-9-6-7-10-19(18)20;1-14(2)20(28-24(31)32-6)22(30)29-11-7-10-25(29,5)23-26-13-19(27-23)17-9-8-15(3)18-12-16(4)33-21(17)18;2*1-14(2)18(25-21(28)29-5)19(27)26-12-6-11-22(26,4)20-23-13-17(24-20)16-9-7-15(3)8-10-16/h11-12,15-16,22H,6-10,13-14H2,1-5H3,(H,27,28)(H,29,32);8-9,12-14,20H,7,10-11H2,1-6H3,(H,26,27)(H,28,31);2*7-10,13-14,18H,6,11-12H2,1-5H3,(H,23,24)(H,25,28)/t22-,26-;20-,25-;2*18-,22-/m0000/s1. The zero-order chi connectivity index (χ0) is 90.0.